The molecule has 0 spiro atoms. The molecule has 3 aromatic rings. The van der Waals surface area contributed by atoms with Gasteiger partial charge in [-0.25, -0.2) is 4.98 Å². The Bertz CT molecular complexity index is 849. The summed E-state index contributed by atoms with van der Waals surface area (Å²) in [6.07, 6.45) is 0. The van der Waals surface area contributed by atoms with Crippen LogP contribution >= 0.6 is 15.9 Å². The van der Waals surface area contributed by atoms with Crippen LogP contribution in [0.1, 0.15) is 10.4 Å². The third-order valence-corrected chi connectivity index (χ3v) is 3.73. The lowest BCUT2D eigenvalue weighted by Gasteiger charge is -2.10. The minimum absolute atomic E-state index is 0.181. The largest absolute Gasteiger partial charge is 0.481 e. The number of hydrogen-bond acceptors (Lipinski definition) is 3. The predicted molar refractivity (Wildman–Crippen MR) is 90.4 cm³/mol. The van der Waals surface area contributed by atoms with E-state index < -0.39 is 0 Å². The van der Waals surface area contributed by atoms with E-state index in [0.29, 0.717) is 17.1 Å². The first-order valence-corrected chi connectivity index (χ1v) is 7.47. The van der Waals surface area contributed by atoms with Crippen molar-refractivity contribution in [2.45, 2.75) is 0 Å². The van der Waals surface area contributed by atoms with Crippen LogP contribution in [0, 0.1) is 0 Å². The first-order chi connectivity index (χ1) is 10.7. The molecule has 0 atom stereocenters. The number of benzene rings is 2. The van der Waals surface area contributed by atoms with Crippen LogP contribution in [0.25, 0.3) is 10.9 Å². The zero-order chi connectivity index (χ0) is 15.5. The quantitative estimate of drug-likeness (QED) is 0.762. The average Bonchev–Trinajstić information content (AvgIpc) is 2.54. The Morgan fingerprint density at radius 1 is 1.14 bits per heavy atom. The molecule has 22 heavy (non-hydrogen) atoms. The van der Waals surface area contributed by atoms with Crippen molar-refractivity contribution in [3.8, 4) is 5.88 Å². The minimum atomic E-state index is -0.181. The van der Waals surface area contributed by atoms with Gasteiger partial charge in [-0.2, -0.15) is 0 Å². The lowest BCUT2D eigenvalue weighted by atomic mass is 10.1. The van der Waals surface area contributed by atoms with Gasteiger partial charge in [-0.1, -0.05) is 40.2 Å². The van der Waals surface area contributed by atoms with E-state index in [0.717, 1.165) is 15.4 Å². The number of fused-ring (bicyclic) bond motifs is 1. The summed E-state index contributed by atoms with van der Waals surface area (Å²) in [6.45, 7) is 0. The fourth-order valence-electron chi connectivity index (χ4n) is 2.18. The molecule has 3 rings (SSSR count). The van der Waals surface area contributed by atoms with Gasteiger partial charge in [0, 0.05) is 21.5 Å². The van der Waals surface area contributed by atoms with Crippen molar-refractivity contribution < 1.29 is 9.53 Å². The highest BCUT2D eigenvalue weighted by Crippen LogP contribution is 2.26. The Labute approximate surface area is 136 Å². The van der Waals surface area contributed by atoms with Gasteiger partial charge in [0.2, 0.25) is 5.88 Å². The van der Waals surface area contributed by atoms with Crippen molar-refractivity contribution >= 4 is 38.4 Å². The number of nitrogens with zero attached hydrogens (tertiary/aromatic N) is 1. The van der Waals surface area contributed by atoms with Crippen LogP contribution < -0.4 is 10.1 Å². The maximum atomic E-state index is 12.4. The van der Waals surface area contributed by atoms with Gasteiger partial charge in [-0.15, -0.1) is 0 Å². The molecule has 0 aliphatic carbocycles. The first-order valence-electron chi connectivity index (χ1n) is 6.68. The highest BCUT2D eigenvalue weighted by atomic mass is 79.9. The highest BCUT2D eigenvalue weighted by Gasteiger charge is 2.11. The van der Waals surface area contributed by atoms with Gasteiger partial charge in [0.15, 0.2) is 0 Å². The molecule has 2 aromatic carbocycles. The number of hydrogen-bond donors (Lipinski definition) is 1. The van der Waals surface area contributed by atoms with Gasteiger partial charge in [0.05, 0.1) is 18.3 Å². The normalized spacial score (nSPS) is 10.5. The van der Waals surface area contributed by atoms with Gasteiger partial charge < -0.3 is 10.1 Å². The zero-order valence-corrected chi connectivity index (χ0v) is 13.4. The number of ether oxygens (including phenoxy) is 1. The molecule has 0 bridgehead atoms. The monoisotopic (exact) mass is 356 g/mol. The number of carbonyl (C=O) groups is 1. The van der Waals surface area contributed by atoms with Crippen molar-refractivity contribution in [2.75, 3.05) is 12.4 Å². The SMILES string of the molecule is COc1cc(NC(=O)c2cccc(Br)c2)c2ccccc2n1. The topological polar surface area (TPSA) is 51.2 Å². The Morgan fingerprint density at radius 2 is 1.95 bits per heavy atom. The second-order valence-electron chi connectivity index (χ2n) is 4.69. The summed E-state index contributed by atoms with van der Waals surface area (Å²) in [4.78, 5) is 16.8. The lowest BCUT2D eigenvalue weighted by Crippen LogP contribution is -2.12. The summed E-state index contributed by atoms with van der Waals surface area (Å²) < 4.78 is 6.06. The zero-order valence-electron chi connectivity index (χ0n) is 11.8. The molecular weight excluding hydrogens is 344 g/mol. The van der Waals surface area contributed by atoms with E-state index >= 15 is 0 Å². The molecule has 0 saturated heterocycles. The molecule has 0 aliphatic rings. The smallest absolute Gasteiger partial charge is 0.255 e. The molecule has 0 unspecified atom stereocenters. The summed E-state index contributed by atoms with van der Waals surface area (Å²) in [6, 6.07) is 16.6. The van der Waals surface area contributed by atoms with E-state index in [1.54, 1.807) is 25.3 Å². The maximum absolute atomic E-state index is 12.4. The van der Waals surface area contributed by atoms with Crippen molar-refractivity contribution in [3.05, 3.63) is 64.6 Å². The Kier molecular flexibility index (Phi) is 4.06. The summed E-state index contributed by atoms with van der Waals surface area (Å²) in [7, 11) is 1.55. The van der Waals surface area contributed by atoms with E-state index in [-0.39, 0.29) is 5.91 Å². The van der Waals surface area contributed by atoms with Gasteiger partial charge >= 0.3 is 0 Å². The van der Waals surface area contributed by atoms with Gasteiger partial charge in [-0.05, 0) is 24.3 Å². The van der Waals surface area contributed by atoms with Crippen LogP contribution in [-0.2, 0) is 0 Å². The lowest BCUT2D eigenvalue weighted by molar-refractivity contribution is 0.102. The Hall–Kier alpha value is -2.40. The third kappa shape index (κ3) is 2.94. The van der Waals surface area contributed by atoms with E-state index in [9.17, 15) is 4.79 Å². The van der Waals surface area contributed by atoms with E-state index in [2.05, 4.69) is 26.2 Å². The number of amides is 1. The molecule has 5 heteroatoms. The number of anilines is 1. The molecule has 4 nitrogen and oxygen atoms in total. The number of nitrogens with one attached hydrogen (secondary N) is 1. The average molecular weight is 357 g/mol. The van der Waals surface area contributed by atoms with E-state index in [4.69, 9.17) is 4.74 Å². The van der Waals surface area contributed by atoms with Crippen LogP contribution in [0.4, 0.5) is 5.69 Å². The van der Waals surface area contributed by atoms with E-state index in [1.807, 2.05) is 36.4 Å². The maximum Gasteiger partial charge on any atom is 0.255 e. The Balaban J connectivity index is 2.01. The van der Waals surface area contributed by atoms with Crippen LogP contribution in [0.5, 0.6) is 5.88 Å². The minimum Gasteiger partial charge on any atom is -0.481 e. The van der Waals surface area contributed by atoms with Crippen molar-refractivity contribution in [2.24, 2.45) is 0 Å². The fraction of sp³-hybridized carbons (Fsp3) is 0.0588. The number of pyridine rings is 1. The number of para-hydroxylation sites is 1. The molecule has 1 N–H and O–H groups in total. The molecule has 110 valence electrons. The van der Waals surface area contributed by atoms with Gasteiger partial charge in [0.25, 0.3) is 5.91 Å². The molecule has 0 radical (unpaired) electrons. The Morgan fingerprint density at radius 3 is 2.73 bits per heavy atom. The van der Waals surface area contributed by atoms with Crippen LogP contribution in [-0.4, -0.2) is 18.0 Å². The number of carbonyl (C=O) groups excluding carboxylic acids is 1. The van der Waals surface area contributed by atoms with Crippen LogP contribution in [0.3, 0.4) is 0 Å². The van der Waals surface area contributed by atoms with E-state index in [1.165, 1.54) is 0 Å². The van der Waals surface area contributed by atoms with Crippen molar-refractivity contribution in [3.63, 3.8) is 0 Å². The van der Waals surface area contributed by atoms with Crippen molar-refractivity contribution in [1.82, 2.24) is 4.98 Å². The molecule has 1 aromatic heterocycles. The molecule has 0 aliphatic heterocycles. The third-order valence-electron chi connectivity index (χ3n) is 3.24. The number of aromatic nitrogens is 1. The second-order valence-corrected chi connectivity index (χ2v) is 5.61. The second kappa shape index (κ2) is 6.15. The molecule has 0 saturated carbocycles. The highest BCUT2D eigenvalue weighted by molar-refractivity contribution is 9.10. The summed E-state index contributed by atoms with van der Waals surface area (Å²) in [5.41, 5.74) is 2.02. The number of methoxy groups -OCH3 is 1. The van der Waals surface area contributed by atoms with Gasteiger partial charge in [0.1, 0.15) is 0 Å². The summed E-state index contributed by atoms with van der Waals surface area (Å²) in [5, 5.41) is 3.79. The molecule has 0 fully saturated rings. The van der Waals surface area contributed by atoms with Gasteiger partial charge in [-0.3, -0.25) is 4.79 Å². The van der Waals surface area contributed by atoms with Crippen molar-refractivity contribution in [1.29, 1.82) is 0 Å². The fourth-order valence-corrected chi connectivity index (χ4v) is 2.58. The number of halogens is 1. The molecular formula is C17H13BrN2O2. The predicted octanol–water partition coefficient (Wildman–Crippen LogP) is 4.26. The number of rotatable bonds is 3. The standard InChI is InChI=1S/C17H13BrN2O2/c1-22-16-10-15(13-7-2-3-8-14(13)19-16)20-17(21)11-5-4-6-12(18)9-11/h2-10H,1H3,(H,19,20,21). The molecule has 1 heterocycles. The van der Waals surface area contributed by atoms with Crippen LogP contribution in [0.15, 0.2) is 59.1 Å². The first kappa shape index (κ1) is 14.5. The summed E-state index contributed by atoms with van der Waals surface area (Å²) >= 11 is 3.37. The summed E-state index contributed by atoms with van der Waals surface area (Å²) in [5.74, 6) is 0.281. The molecule has 1 amide bonds. The van der Waals surface area contributed by atoms with Crippen LogP contribution in [0.2, 0.25) is 0 Å².